The van der Waals surface area contributed by atoms with Crippen molar-refractivity contribution in [1.29, 1.82) is 0 Å². The molecule has 0 spiro atoms. The third-order valence-electron chi connectivity index (χ3n) is 10.6. The van der Waals surface area contributed by atoms with Crippen LogP contribution in [0.4, 0.5) is 24.5 Å². The predicted octanol–water partition coefficient (Wildman–Crippen LogP) is 5.20. The van der Waals surface area contributed by atoms with Crippen LogP contribution < -0.4 is 29.7 Å². The zero-order chi connectivity index (χ0) is 38.3. The Morgan fingerprint density at radius 1 is 0.981 bits per heavy atom. The molecule has 12 nitrogen and oxygen atoms in total. The number of nitrogens with one attached hydrogen (secondary N) is 2. The van der Waals surface area contributed by atoms with Crippen LogP contribution in [0, 0.1) is 29.6 Å². The summed E-state index contributed by atoms with van der Waals surface area (Å²) in [7, 11) is -3.90. The highest BCUT2D eigenvalue weighted by Gasteiger charge is 2.70. The van der Waals surface area contributed by atoms with Gasteiger partial charge in [0.05, 0.1) is 39.6 Å². The fourth-order valence-electron chi connectivity index (χ4n) is 8.71. The van der Waals surface area contributed by atoms with Gasteiger partial charge in [-0.2, -0.15) is 13.2 Å². The number of nitrogens with two attached hydrogens (primary N) is 1. The minimum Gasteiger partial charge on any atom is -0.490 e. The Bertz CT molecular complexity index is 2360. The first kappa shape index (κ1) is 36.3. The minimum atomic E-state index is -4.77. The summed E-state index contributed by atoms with van der Waals surface area (Å²) in [5, 5.41) is 8.21. The maximum atomic E-state index is 14.1. The van der Waals surface area contributed by atoms with Crippen molar-refractivity contribution in [1.82, 2.24) is 4.98 Å². The number of para-hydroxylation sites is 1. The van der Waals surface area contributed by atoms with E-state index in [-0.39, 0.29) is 45.1 Å². The van der Waals surface area contributed by atoms with E-state index in [1.165, 1.54) is 48.2 Å². The molecule has 2 aliphatic heterocycles. The number of benzene rings is 3. The van der Waals surface area contributed by atoms with Gasteiger partial charge in [-0.05, 0) is 85.2 Å². The summed E-state index contributed by atoms with van der Waals surface area (Å²) in [4.78, 5) is 57.6. The summed E-state index contributed by atoms with van der Waals surface area (Å²) in [5.41, 5.74) is -0.441. The zero-order valence-corrected chi connectivity index (χ0v) is 30.6. The van der Waals surface area contributed by atoms with Crippen LogP contribution in [0.2, 0.25) is 0 Å². The zero-order valence-electron chi connectivity index (χ0n) is 28.2. The number of thiazole rings is 1. The molecule has 2 saturated carbocycles. The van der Waals surface area contributed by atoms with E-state index < -0.39 is 69.5 Å². The van der Waals surface area contributed by atoms with Gasteiger partial charge in [-0.3, -0.25) is 19.2 Å². The van der Waals surface area contributed by atoms with E-state index in [4.69, 9.17) is 14.6 Å². The molecule has 3 amide bonds. The number of aromatic amines is 1. The van der Waals surface area contributed by atoms with Crippen molar-refractivity contribution in [2.75, 3.05) is 23.4 Å². The normalized spacial score (nSPS) is 25.6. The van der Waals surface area contributed by atoms with Crippen molar-refractivity contribution < 1.29 is 45.4 Å². The number of ether oxygens (including phenoxy) is 2. The Morgan fingerprint density at radius 2 is 1.69 bits per heavy atom. The Hall–Kier alpha value is -4.65. The molecule has 1 saturated heterocycles. The van der Waals surface area contributed by atoms with Crippen LogP contribution in [0.5, 0.6) is 11.5 Å². The van der Waals surface area contributed by atoms with Crippen molar-refractivity contribution in [3.63, 3.8) is 0 Å². The predicted molar refractivity (Wildman–Crippen MR) is 192 cm³/mol. The molecule has 1 aromatic heterocycles. The Kier molecular flexibility index (Phi) is 8.93. The van der Waals surface area contributed by atoms with Crippen LogP contribution in [-0.4, -0.2) is 49.6 Å². The number of imide groups is 1. The lowest BCUT2D eigenvalue weighted by atomic mass is 9.68. The highest BCUT2D eigenvalue weighted by Crippen LogP contribution is 2.69. The van der Waals surface area contributed by atoms with Crippen LogP contribution in [0.15, 0.2) is 81.4 Å². The highest BCUT2D eigenvalue weighted by molar-refractivity contribution is 8.00. The lowest BCUT2D eigenvalue weighted by Crippen LogP contribution is -2.42. The molecule has 3 aromatic carbocycles. The first-order valence-electron chi connectivity index (χ1n) is 16.9. The molecule has 2 aliphatic carbocycles. The number of H-pyrrole nitrogens is 1. The molecule has 18 heteroatoms. The molecule has 4 N–H and O–H groups in total. The van der Waals surface area contributed by atoms with Crippen LogP contribution >= 0.6 is 23.1 Å². The maximum absolute atomic E-state index is 14.1. The van der Waals surface area contributed by atoms with Gasteiger partial charge in [-0.25, -0.2) is 18.5 Å². The number of carbonyl (C=O) groups is 3. The first-order chi connectivity index (χ1) is 25.7. The number of thioether (sulfide) groups is 1. The Morgan fingerprint density at radius 3 is 2.37 bits per heavy atom. The first-order valence-corrected chi connectivity index (χ1v) is 20.2. The second kappa shape index (κ2) is 13.3. The van der Waals surface area contributed by atoms with Crippen molar-refractivity contribution in [3.05, 3.63) is 92.4 Å². The summed E-state index contributed by atoms with van der Waals surface area (Å²) in [6.07, 6.45) is -4.23. The quantitative estimate of drug-likeness (QED) is 0.192. The van der Waals surface area contributed by atoms with E-state index in [1.54, 1.807) is 25.1 Å². The van der Waals surface area contributed by atoms with Crippen molar-refractivity contribution in [2.24, 2.45) is 34.7 Å². The van der Waals surface area contributed by atoms with E-state index in [2.05, 4.69) is 10.3 Å². The van der Waals surface area contributed by atoms with Gasteiger partial charge >= 0.3 is 11.0 Å². The third kappa shape index (κ3) is 6.08. The summed E-state index contributed by atoms with van der Waals surface area (Å²) < 4.78 is 77.0. The maximum Gasteiger partial charge on any atom is 0.418 e. The Balaban J connectivity index is 1.08. The monoisotopic (exact) mass is 800 g/mol. The number of rotatable bonds is 9. The number of halogens is 3. The second-order valence-electron chi connectivity index (χ2n) is 13.5. The topological polar surface area (TPSA) is 178 Å². The van der Waals surface area contributed by atoms with Gasteiger partial charge < -0.3 is 19.8 Å². The smallest absolute Gasteiger partial charge is 0.418 e. The van der Waals surface area contributed by atoms with E-state index in [0.29, 0.717) is 22.9 Å². The second-order valence-corrected chi connectivity index (χ2v) is 17.3. The van der Waals surface area contributed by atoms with Gasteiger partial charge in [0.25, 0.3) is 5.91 Å². The largest absolute Gasteiger partial charge is 0.490 e. The summed E-state index contributed by atoms with van der Waals surface area (Å²) >= 11 is 2.51. The number of alkyl halides is 3. The van der Waals surface area contributed by atoms with Gasteiger partial charge in [0.2, 0.25) is 21.8 Å². The van der Waals surface area contributed by atoms with Crippen molar-refractivity contribution in [2.45, 2.75) is 40.6 Å². The molecule has 8 rings (SSSR count). The van der Waals surface area contributed by atoms with Crippen molar-refractivity contribution in [3.8, 4) is 11.5 Å². The fraction of sp³-hybridized carbons (Fsp3) is 0.333. The van der Waals surface area contributed by atoms with Crippen LogP contribution in [-0.2, 0) is 30.6 Å². The number of aromatic nitrogens is 1. The molecular formula is C36H31F3N4O8S3. The van der Waals surface area contributed by atoms with E-state index in [0.717, 1.165) is 38.8 Å². The molecule has 54 heavy (non-hydrogen) atoms. The molecule has 4 aromatic rings. The molecule has 282 valence electrons. The Labute approximate surface area is 314 Å². The molecule has 2 bridgehead atoms. The minimum absolute atomic E-state index is 0.109. The molecule has 3 fully saturated rings. The van der Waals surface area contributed by atoms with Gasteiger partial charge in [-0.15, -0.1) is 11.8 Å². The average molecular weight is 801 g/mol. The lowest BCUT2D eigenvalue weighted by Gasteiger charge is -2.43. The van der Waals surface area contributed by atoms with E-state index >= 15 is 0 Å². The SMILES string of the molecule is CCOc1cc([C@@H]2c3sc(=O)[nH]c3S[C@@H]3[C@@H]4C[C@@H]([C@@H]5C(=O)N(c6ccccc6C(F)(F)F)C(=O)[C@@H]45)[C@H]23)ccc1OCC(=O)Nc1ccc(S(N)(=O)=O)cc1. The molecule has 3 heterocycles. The molecule has 7 atom stereocenters. The number of amides is 3. The molecular weight excluding hydrogens is 770 g/mol. The number of carbonyl (C=O) groups excluding carboxylic acids is 3. The number of fused-ring (bicyclic) bond motifs is 9. The number of sulfonamides is 1. The van der Waals surface area contributed by atoms with Gasteiger partial charge in [0.15, 0.2) is 18.1 Å². The lowest BCUT2D eigenvalue weighted by molar-refractivity contribution is -0.137. The number of hydrogen-bond donors (Lipinski definition) is 3. The van der Waals surface area contributed by atoms with E-state index in [9.17, 15) is 40.8 Å². The number of primary sulfonamides is 1. The molecule has 0 unspecified atom stereocenters. The van der Waals surface area contributed by atoms with Crippen molar-refractivity contribution >= 4 is 62.2 Å². The van der Waals surface area contributed by atoms with E-state index in [1.807, 2.05) is 0 Å². The van der Waals surface area contributed by atoms with Gasteiger partial charge in [-0.1, -0.05) is 29.5 Å². The molecule has 4 aliphatic rings. The summed E-state index contributed by atoms with van der Waals surface area (Å²) in [5.74, 6) is -4.11. The number of hydrogen-bond acceptors (Lipinski definition) is 10. The number of anilines is 2. The highest BCUT2D eigenvalue weighted by atomic mass is 32.2. The van der Waals surface area contributed by atoms with Gasteiger partial charge in [0, 0.05) is 21.7 Å². The third-order valence-corrected chi connectivity index (χ3v) is 14.1. The van der Waals surface area contributed by atoms with Crippen LogP contribution in [0.25, 0.3) is 0 Å². The average Bonchev–Trinajstić information content (AvgIpc) is 3.86. The van der Waals surface area contributed by atoms with Gasteiger partial charge in [0.1, 0.15) is 0 Å². The molecule has 0 radical (unpaired) electrons. The summed E-state index contributed by atoms with van der Waals surface area (Å²) in [6, 6.07) is 15.1. The fourth-order valence-corrected chi connectivity index (χ4v) is 12.1. The van der Waals surface area contributed by atoms with Crippen LogP contribution in [0.1, 0.15) is 35.3 Å². The van der Waals surface area contributed by atoms with Crippen LogP contribution in [0.3, 0.4) is 0 Å². The number of nitrogens with zero attached hydrogens (tertiary/aromatic N) is 1. The standard InChI is InChI=1S/C36H31F3N4O8S3/c1-2-50-24-13-16(7-12-23(24)51-15-25(44)41-17-8-10-18(11-9-17)54(40,48)49)26-27-19-14-20(30(27)52-32-31(26)53-35(47)42-32)29-28(19)33(45)43(34(29)46)22-6-4-3-5-21(22)36(37,38)39/h3-13,19-20,26-30H,2,14-15H2,1H3,(H,41,44)(H,42,47)(H2,40,48,49)/t19-,20-,26+,27-,28+,29+,30-/m1/s1. The summed E-state index contributed by atoms with van der Waals surface area (Å²) in [6.45, 7) is 1.61.